The van der Waals surface area contributed by atoms with Gasteiger partial charge < -0.3 is 8.98 Å². The molecule has 1 aromatic carbocycles. The standard InChI is InChI=1S/C19H24N4O/c1-13(2)19-20-14(12-24-19)11-23-10-6-9-17(23)18-21-15-7-4-5-8-16(15)22(18)3/h4-5,7-8,12-13,17H,6,9-11H2,1-3H3/t17-/m1/s1. The summed E-state index contributed by atoms with van der Waals surface area (Å²) in [5.41, 5.74) is 3.29. The Balaban J connectivity index is 1.60. The highest BCUT2D eigenvalue weighted by Gasteiger charge is 2.30. The molecule has 126 valence electrons. The fourth-order valence-electron chi connectivity index (χ4n) is 3.64. The quantitative estimate of drug-likeness (QED) is 0.727. The number of hydrogen-bond donors (Lipinski definition) is 0. The molecule has 1 aliphatic heterocycles. The smallest absolute Gasteiger partial charge is 0.196 e. The second-order valence-corrected chi connectivity index (χ2v) is 6.98. The van der Waals surface area contributed by atoms with Gasteiger partial charge in [0.2, 0.25) is 0 Å². The minimum Gasteiger partial charge on any atom is -0.448 e. The zero-order valence-electron chi connectivity index (χ0n) is 14.6. The number of nitrogens with zero attached hydrogens (tertiary/aromatic N) is 4. The van der Waals surface area contributed by atoms with Crippen LogP contribution in [-0.2, 0) is 13.6 Å². The molecule has 0 spiro atoms. The Morgan fingerprint density at radius 2 is 2.08 bits per heavy atom. The highest BCUT2D eigenvalue weighted by molar-refractivity contribution is 5.75. The van der Waals surface area contributed by atoms with Crippen molar-refractivity contribution < 1.29 is 4.42 Å². The van der Waals surface area contributed by atoms with Crippen LogP contribution in [0.2, 0.25) is 0 Å². The van der Waals surface area contributed by atoms with Gasteiger partial charge >= 0.3 is 0 Å². The van der Waals surface area contributed by atoms with E-state index in [9.17, 15) is 0 Å². The minimum absolute atomic E-state index is 0.327. The van der Waals surface area contributed by atoms with E-state index in [-0.39, 0.29) is 0 Å². The normalized spacial score (nSPS) is 18.9. The largest absolute Gasteiger partial charge is 0.448 e. The second kappa shape index (κ2) is 6.06. The molecule has 5 nitrogen and oxygen atoms in total. The molecule has 1 aliphatic rings. The van der Waals surface area contributed by atoms with Gasteiger partial charge in [-0.3, -0.25) is 4.90 Å². The molecule has 4 rings (SSSR count). The van der Waals surface area contributed by atoms with Crippen LogP contribution in [0.4, 0.5) is 0 Å². The van der Waals surface area contributed by atoms with Gasteiger partial charge in [-0.05, 0) is 31.5 Å². The summed E-state index contributed by atoms with van der Waals surface area (Å²) in [6.07, 6.45) is 4.15. The van der Waals surface area contributed by atoms with Crippen LogP contribution in [0.5, 0.6) is 0 Å². The van der Waals surface area contributed by atoms with Gasteiger partial charge in [0.15, 0.2) is 5.89 Å². The third-order valence-corrected chi connectivity index (χ3v) is 4.91. The highest BCUT2D eigenvalue weighted by atomic mass is 16.3. The molecule has 0 unspecified atom stereocenters. The summed E-state index contributed by atoms with van der Waals surface area (Å²) >= 11 is 0. The molecule has 1 saturated heterocycles. The molecule has 0 amide bonds. The zero-order chi connectivity index (χ0) is 16.7. The molecule has 0 N–H and O–H groups in total. The number of oxazole rings is 1. The Kier molecular flexibility index (Phi) is 3.88. The number of aryl methyl sites for hydroxylation is 1. The lowest BCUT2D eigenvalue weighted by Crippen LogP contribution is -2.25. The number of likely N-dealkylation sites (tertiary alicyclic amines) is 1. The molecule has 0 saturated carbocycles. The van der Waals surface area contributed by atoms with Crippen molar-refractivity contribution in [2.45, 2.75) is 45.2 Å². The maximum absolute atomic E-state index is 5.59. The summed E-state index contributed by atoms with van der Waals surface area (Å²) in [7, 11) is 2.12. The second-order valence-electron chi connectivity index (χ2n) is 6.98. The molecular weight excluding hydrogens is 300 g/mol. The van der Waals surface area contributed by atoms with Gasteiger partial charge in [0.05, 0.1) is 22.8 Å². The molecule has 3 heterocycles. The number of benzene rings is 1. The van der Waals surface area contributed by atoms with Gasteiger partial charge in [-0.25, -0.2) is 9.97 Å². The van der Waals surface area contributed by atoms with E-state index in [2.05, 4.69) is 53.5 Å². The maximum atomic E-state index is 5.59. The van der Waals surface area contributed by atoms with Gasteiger partial charge in [0.25, 0.3) is 0 Å². The first-order valence-electron chi connectivity index (χ1n) is 8.73. The fourth-order valence-corrected chi connectivity index (χ4v) is 3.64. The average molecular weight is 324 g/mol. The zero-order valence-corrected chi connectivity index (χ0v) is 14.6. The first kappa shape index (κ1) is 15.4. The lowest BCUT2D eigenvalue weighted by Gasteiger charge is -2.23. The van der Waals surface area contributed by atoms with E-state index >= 15 is 0 Å². The molecule has 3 aromatic rings. The van der Waals surface area contributed by atoms with E-state index < -0.39 is 0 Å². The predicted octanol–water partition coefficient (Wildman–Crippen LogP) is 4.02. The van der Waals surface area contributed by atoms with Crippen molar-refractivity contribution in [3.63, 3.8) is 0 Å². The molecule has 24 heavy (non-hydrogen) atoms. The van der Waals surface area contributed by atoms with Gasteiger partial charge in [-0.15, -0.1) is 0 Å². The minimum atomic E-state index is 0.327. The Morgan fingerprint density at radius 3 is 2.83 bits per heavy atom. The van der Waals surface area contributed by atoms with Crippen LogP contribution in [0.1, 0.15) is 56.1 Å². The van der Waals surface area contributed by atoms with E-state index in [1.807, 2.05) is 6.07 Å². The first-order chi connectivity index (χ1) is 11.6. The molecule has 1 atom stereocenters. The number of imidazole rings is 1. The summed E-state index contributed by atoms with van der Waals surface area (Å²) in [5.74, 6) is 2.30. The van der Waals surface area contributed by atoms with Gasteiger partial charge in [-0.2, -0.15) is 0 Å². The number of rotatable bonds is 4. The molecule has 0 bridgehead atoms. The number of fused-ring (bicyclic) bond motifs is 1. The van der Waals surface area contributed by atoms with Crippen LogP contribution in [0.3, 0.4) is 0 Å². The fraction of sp³-hybridized carbons (Fsp3) is 0.474. The average Bonchev–Trinajstić information content (AvgIpc) is 3.28. The van der Waals surface area contributed by atoms with Crippen LogP contribution < -0.4 is 0 Å². The summed E-state index contributed by atoms with van der Waals surface area (Å²) in [6.45, 7) is 6.11. The van der Waals surface area contributed by atoms with E-state index in [0.717, 1.165) is 42.4 Å². The van der Waals surface area contributed by atoms with E-state index in [1.165, 1.54) is 11.9 Å². The van der Waals surface area contributed by atoms with Gasteiger partial charge in [0.1, 0.15) is 12.1 Å². The van der Waals surface area contributed by atoms with Crippen molar-refractivity contribution in [2.24, 2.45) is 7.05 Å². The maximum Gasteiger partial charge on any atom is 0.196 e. The van der Waals surface area contributed by atoms with Crippen molar-refractivity contribution in [1.82, 2.24) is 19.4 Å². The Bertz CT molecular complexity index is 848. The molecule has 0 radical (unpaired) electrons. The SMILES string of the molecule is CC(C)c1nc(CN2CCC[C@@H]2c2nc3ccccc3n2C)co1. The van der Waals surface area contributed by atoms with Crippen LogP contribution in [-0.4, -0.2) is 26.0 Å². The molecular formula is C19H24N4O. The van der Waals surface area contributed by atoms with Crippen LogP contribution in [0, 0.1) is 0 Å². The van der Waals surface area contributed by atoms with Crippen molar-refractivity contribution in [2.75, 3.05) is 6.54 Å². The summed E-state index contributed by atoms with van der Waals surface area (Å²) in [4.78, 5) is 12.0. The Hall–Kier alpha value is -2.14. The predicted molar refractivity (Wildman–Crippen MR) is 93.7 cm³/mol. The summed E-state index contributed by atoms with van der Waals surface area (Å²) in [6, 6.07) is 8.70. The molecule has 5 heteroatoms. The number of aromatic nitrogens is 3. The number of para-hydroxylation sites is 2. The van der Waals surface area contributed by atoms with E-state index in [4.69, 9.17) is 9.40 Å². The molecule has 1 fully saturated rings. The molecule has 0 aliphatic carbocycles. The van der Waals surface area contributed by atoms with Crippen LogP contribution in [0.15, 0.2) is 34.9 Å². The summed E-state index contributed by atoms with van der Waals surface area (Å²) in [5, 5.41) is 0. The third-order valence-electron chi connectivity index (χ3n) is 4.91. The topological polar surface area (TPSA) is 47.1 Å². The Morgan fingerprint density at radius 1 is 1.25 bits per heavy atom. The monoisotopic (exact) mass is 324 g/mol. The van der Waals surface area contributed by atoms with Crippen molar-refractivity contribution in [3.8, 4) is 0 Å². The Labute approximate surface area is 142 Å². The highest BCUT2D eigenvalue weighted by Crippen LogP contribution is 2.34. The summed E-state index contributed by atoms with van der Waals surface area (Å²) < 4.78 is 7.83. The van der Waals surface area contributed by atoms with Crippen LogP contribution >= 0.6 is 0 Å². The van der Waals surface area contributed by atoms with Crippen molar-refractivity contribution in [3.05, 3.63) is 47.9 Å². The van der Waals surface area contributed by atoms with E-state index in [1.54, 1.807) is 6.26 Å². The van der Waals surface area contributed by atoms with Crippen LogP contribution in [0.25, 0.3) is 11.0 Å². The third kappa shape index (κ3) is 2.63. The van der Waals surface area contributed by atoms with Crippen molar-refractivity contribution in [1.29, 1.82) is 0 Å². The molecule has 2 aromatic heterocycles. The number of hydrogen-bond acceptors (Lipinski definition) is 4. The van der Waals surface area contributed by atoms with Gasteiger partial charge in [-0.1, -0.05) is 26.0 Å². The lowest BCUT2D eigenvalue weighted by molar-refractivity contribution is 0.234. The first-order valence-corrected chi connectivity index (χ1v) is 8.73. The van der Waals surface area contributed by atoms with E-state index in [0.29, 0.717) is 12.0 Å². The lowest BCUT2D eigenvalue weighted by atomic mass is 10.2. The van der Waals surface area contributed by atoms with Crippen molar-refractivity contribution >= 4 is 11.0 Å². The van der Waals surface area contributed by atoms with Gasteiger partial charge in [0, 0.05) is 19.5 Å².